The van der Waals surface area contributed by atoms with Crippen LogP contribution in [0.2, 0.25) is 0 Å². The molecule has 0 amide bonds. The van der Waals surface area contributed by atoms with Gasteiger partial charge in [0.2, 0.25) is 0 Å². The van der Waals surface area contributed by atoms with Crippen LogP contribution in [0.15, 0.2) is 132 Å². The molecule has 4 atom stereocenters. The molecule has 1 N–H and O–H groups in total. The lowest BCUT2D eigenvalue weighted by Gasteiger charge is -2.39. The number of rotatable bonds is 2. The maximum absolute atomic E-state index is 6.36. The monoisotopic (exact) mass is 600 g/mol. The number of nitrogens with one attached hydrogen (secondary N) is 1. The van der Waals surface area contributed by atoms with Gasteiger partial charge in [-0.2, -0.15) is 0 Å². The summed E-state index contributed by atoms with van der Waals surface area (Å²) in [6.45, 7) is 0. The minimum atomic E-state index is 0.189. The minimum Gasteiger partial charge on any atom is -0.456 e. The Bertz CT molecular complexity index is 2340. The Hall–Kier alpha value is -4.80. The van der Waals surface area contributed by atoms with Crippen molar-refractivity contribution >= 4 is 64.8 Å². The Morgan fingerprint density at radius 1 is 0.711 bits per heavy atom. The van der Waals surface area contributed by atoms with Gasteiger partial charge in [-0.1, -0.05) is 97.1 Å². The van der Waals surface area contributed by atoms with Crippen molar-refractivity contribution in [2.75, 3.05) is 10.2 Å². The van der Waals surface area contributed by atoms with E-state index in [2.05, 4.69) is 138 Å². The van der Waals surface area contributed by atoms with Crippen molar-refractivity contribution in [3.8, 4) is 0 Å². The molecule has 45 heavy (non-hydrogen) atoms. The number of nitrogens with zero attached hydrogens (tertiary/aromatic N) is 1. The number of hydrogen-bond donors (Lipinski definition) is 1. The molecule has 0 fully saturated rings. The Morgan fingerprint density at radius 2 is 1.49 bits per heavy atom. The average molecular weight is 601 g/mol. The number of furan rings is 1. The first-order valence-corrected chi connectivity index (χ1v) is 17.0. The molecule has 5 aromatic carbocycles. The van der Waals surface area contributed by atoms with E-state index >= 15 is 0 Å². The van der Waals surface area contributed by atoms with Gasteiger partial charge in [0, 0.05) is 38.6 Å². The van der Waals surface area contributed by atoms with Gasteiger partial charge in [0.25, 0.3) is 0 Å². The van der Waals surface area contributed by atoms with Gasteiger partial charge in [-0.3, -0.25) is 0 Å². The zero-order valence-electron chi connectivity index (χ0n) is 24.8. The summed E-state index contributed by atoms with van der Waals surface area (Å²) in [5, 5.41) is 12.0. The van der Waals surface area contributed by atoms with Gasteiger partial charge in [-0.15, -0.1) is 11.3 Å². The van der Waals surface area contributed by atoms with Crippen LogP contribution in [0.1, 0.15) is 47.8 Å². The molecule has 218 valence electrons. The fraction of sp³-hybridized carbons (Fsp3) is 0.171. The SMILES string of the molecule is C1=CC2c3cc4ccccc4cc3N(C3CCCC(c4cccc5oc6ccccc6c45)c4c(sc5ccccc45)N3)C2C=C1. The number of para-hydroxylation sites is 1. The molecule has 3 aliphatic rings. The van der Waals surface area contributed by atoms with Crippen LogP contribution in [-0.2, 0) is 0 Å². The first kappa shape index (κ1) is 25.5. The molecule has 7 aromatic rings. The maximum atomic E-state index is 6.36. The molecule has 3 nitrogen and oxygen atoms in total. The van der Waals surface area contributed by atoms with Crippen LogP contribution in [-0.4, -0.2) is 12.2 Å². The molecule has 0 bridgehead atoms. The van der Waals surface area contributed by atoms with Crippen molar-refractivity contribution in [1.29, 1.82) is 0 Å². The summed E-state index contributed by atoms with van der Waals surface area (Å²) >= 11 is 1.91. The van der Waals surface area contributed by atoms with Gasteiger partial charge in [0.15, 0.2) is 0 Å². The van der Waals surface area contributed by atoms with Gasteiger partial charge >= 0.3 is 0 Å². The first-order valence-electron chi connectivity index (χ1n) is 16.2. The highest BCUT2D eigenvalue weighted by atomic mass is 32.1. The Morgan fingerprint density at radius 3 is 2.42 bits per heavy atom. The lowest BCUT2D eigenvalue weighted by molar-refractivity contribution is 0.512. The average Bonchev–Trinajstić information content (AvgIpc) is 3.73. The molecule has 1 aliphatic carbocycles. The summed E-state index contributed by atoms with van der Waals surface area (Å²) in [5.41, 5.74) is 7.56. The van der Waals surface area contributed by atoms with Gasteiger partial charge in [0.05, 0.1) is 11.0 Å². The number of benzene rings is 5. The van der Waals surface area contributed by atoms with Crippen LogP contribution in [0.25, 0.3) is 42.8 Å². The quantitative estimate of drug-likeness (QED) is 0.214. The van der Waals surface area contributed by atoms with Crippen molar-refractivity contribution in [1.82, 2.24) is 0 Å². The summed E-state index contributed by atoms with van der Waals surface area (Å²) in [5.74, 6) is 0.637. The minimum absolute atomic E-state index is 0.189. The van der Waals surface area contributed by atoms with E-state index in [0.29, 0.717) is 12.0 Å². The number of allylic oxidation sites excluding steroid dienone is 2. The standard InChI is InChI=1S/C41H32N2OS/c1-2-12-26-24-34-32(23-25(26)11-1)27-13-3-6-18-33(27)43(34)38-22-10-17-29(40-31-15-5-8-21-37(31)45-41(40)42-38)28-16-9-20-36-39(28)30-14-4-7-19-35(30)44-36/h1-9,11-16,18-21,23-24,27,29,33,38,42H,10,17,22H2. The molecule has 4 heteroatoms. The van der Waals surface area contributed by atoms with Gasteiger partial charge in [-0.25, -0.2) is 0 Å². The largest absolute Gasteiger partial charge is 0.456 e. The van der Waals surface area contributed by atoms with Crippen molar-refractivity contribution in [3.63, 3.8) is 0 Å². The van der Waals surface area contributed by atoms with Crippen LogP contribution in [0.3, 0.4) is 0 Å². The fourth-order valence-corrected chi connectivity index (χ4v) is 9.65. The normalized spacial score (nSPS) is 22.4. The second kappa shape index (κ2) is 9.85. The molecule has 4 unspecified atom stereocenters. The number of thiophene rings is 1. The van der Waals surface area contributed by atoms with Crippen LogP contribution < -0.4 is 10.2 Å². The number of hydrogen-bond acceptors (Lipinski definition) is 4. The van der Waals surface area contributed by atoms with Crippen LogP contribution >= 0.6 is 11.3 Å². The third kappa shape index (κ3) is 3.82. The zero-order valence-corrected chi connectivity index (χ0v) is 25.6. The molecule has 4 heterocycles. The fourth-order valence-electron chi connectivity index (χ4n) is 8.44. The molecular weight excluding hydrogens is 569 g/mol. The third-order valence-electron chi connectivity index (χ3n) is 10.4. The molecule has 0 saturated carbocycles. The molecule has 0 radical (unpaired) electrons. The van der Waals surface area contributed by atoms with E-state index in [-0.39, 0.29) is 12.1 Å². The highest BCUT2D eigenvalue weighted by Gasteiger charge is 2.41. The van der Waals surface area contributed by atoms with E-state index in [1.54, 1.807) is 0 Å². The lowest BCUT2D eigenvalue weighted by Crippen LogP contribution is -2.46. The van der Waals surface area contributed by atoms with Gasteiger partial charge < -0.3 is 14.6 Å². The summed E-state index contributed by atoms with van der Waals surface area (Å²) in [6.07, 6.45) is 12.7. The summed E-state index contributed by atoms with van der Waals surface area (Å²) in [7, 11) is 0. The zero-order chi connectivity index (χ0) is 29.5. The molecule has 2 aliphatic heterocycles. The van der Waals surface area contributed by atoms with E-state index in [4.69, 9.17) is 4.42 Å². The summed E-state index contributed by atoms with van der Waals surface area (Å²) in [4.78, 5) is 2.70. The summed E-state index contributed by atoms with van der Waals surface area (Å²) in [6, 6.07) is 38.1. The molecule has 2 aromatic heterocycles. The van der Waals surface area contributed by atoms with Crippen LogP contribution in [0, 0.1) is 0 Å². The Labute approximate surface area is 266 Å². The topological polar surface area (TPSA) is 28.4 Å². The highest BCUT2D eigenvalue weighted by Crippen LogP contribution is 2.51. The van der Waals surface area contributed by atoms with Crippen LogP contribution in [0.4, 0.5) is 10.7 Å². The molecule has 0 saturated heterocycles. The second-order valence-electron chi connectivity index (χ2n) is 12.8. The molecule has 10 rings (SSSR count). The molecule has 0 spiro atoms. The van der Waals surface area contributed by atoms with Crippen molar-refractivity contribution in [3.05, 3.63) is 144 Å². The molecular formula is C41H32N2OS. The lowest BCUT2D eigenvalue weighted by atomic mass is 9.83. The van der Waals surface area contributed by atoms with E-state index in [1.165, 1.54) is 59.0 Å². The van der Waals surface area contributed by atoms with Crippen molar-refractivity contribution < 1.29 is 4.42 Å². The predicted octanol–water partition coefficient (Wildman–Crippen LogP) is 11.1. The highest BCUT2D eigenvalue weighted by molar-refractivity contribution is 7.23. The van der Waals surface area contributed by atoms with Crippen molar-refractivity contribution in [2.45, 2.75) is 43.3 Å². The maximum Gasteiger partial charge on any atom is 0.135 e. The van der Waals surface area contributed by atoms with Gasteiger partial charge in [0.1, 0.15) is 17.3 Å². The second-order valence-corrected chi connectivity index (χ2v) is 13.8. The Kier molecular flexibility index (Phi) is 5.59. The smallest absolute Gasteiger partial charge is 0.135 e. The van der Waals surface area contributed by atoms with E-state index < -0.39 is 0 Å². The van der Waals surface area contributed by atoms with Gasteiger partial charge in [-0.05, 0) is 76.9 Å². The number of fused-ring (bicyclic) bond motifs is 10. The third-order valence-corrected chi connectivity index (χ3v) is 11.5. The van der Waals surface area contributed by atoms with E-state index in [1.807, 2.05) is 11.3 Å². The Balaban J connectivity index is 1.14. The van der Waals surface area contributed by atoms with Crippen molar-refractivity contribution in [2.24, 2.45) is 0 Å². The van der Waals surface area contributed by atoms with E-state index in [0.717, 1.165) is 30.4 Å². The number of anilines is 2. The first-order chi connectivity index (χ1) is 22.3. The predicted molar refractivity (Wildman–Crippen MR) is 190 cm³/mol. The van der Waals surface area contributed by atoms with Crippen LogP contribution in [0.5, 0.6) is 0 Å². The summed E-state index contributed by atoms with van der Waals surface area (Å²) < 4.78 is 7.71. The van der Waals surface area contributed by atoms with E-state index in [9.17, 15) is 0 Å².